The largest absolute Gasteiger partial charge is 0.504 e. The van der Waals surface area contributed by atoms with Crippen LogP contribution < -0.4 is 10.1 Å². The summed E-state index contributed by atoms with van der Waals surface area (Å²) in [5.41, 5.74) is 2.85. The zero-order valence-corrected chi connectivity index (χ0v) is 12.7. The number of hydrogen-bond donors (Lipinski definition) is 2. The van der Waals surface area contributed by atoms with Gasteiger partial charge in [-0.05, 0) is 42.6 Å². The van der Waals surface area contributed by atoms with Crippen LogP contribution in [0.15, 0.2) is 59.6 Å². The Morgan fingerprint density at radius 2 is 1.91 bits per heavy atom. The van der Waals surface area contributed by atoms with E-state index in [9.17, 15) is 5.11 Å². The lowest BCUT2D eigenvalue weighted by molar-refractivity contribution is 0.318. The summed E-state index contributed by atoms with van der Waals surface area (Å²) < 4.78 is 5.46. The predicted octanol–water partition coefficient (Wildman–Crippen LogP) is 4.45. The molecule has 3 aromatic rings. The number of amidine groups is 1. The number of aliphatic imine (C=N–C) groups is 1. The van der Waals surface area contributed by atoms with Gasteiger partial charge < -0.3 is 15.2 Å². The van der Waals surface area contributed by atoms with E-state index in [0.29, 0.717) is 12.4 Å². The van der Waals surface area contributed by atoms with Crippen LogP contribution >= 0.6 is 0 Å². The lowest BCUT2D eigenvalue weighted by Gasteiger charge is -2.19. The molecule has 0 bridgehead atoms. The quantitative estimate of drug-likeness (QED) is 0.751. The molecular weight excluding hydrogens is 288 g/mol. The van der Waals surface area contributed by atoms with Crippen molar-refractivity contribution in [2.75, 3.05) is 11.9 Å². The van der Waals surface area contributed by atoms with Gasteiger partial charge in [0.25, 0.3) is 0 Å². The molecule has 0 radical (unpaired) electrons. The van der Waals surface area contributed by atoms with Crippen molar-refractivity contribution in [1.82, 2.24) is 0 Å². The number of aromatic hydroxyl groups is 1. The maximum absolute atomic E-state index is 9.86. The summed E-state index contributed by atoms with van der Waals surface area (Å²) in [7, 11) is 0. The van der Waals surface area contributed by atoms with Crippen molar-refractivity contribution in [3.8, 4) is 11.5 Å². The molecule has 0 aromatic heterocycles. The molecule has 3 aromatic carbocycles. The second kappa shape index (κ2) is 5.32. The first-order valence-electron chi connectivity index (χ1n) is 7.60. The third-order valence-electron chi connectivity index (χ3n) is 3.90. The summed E-state index contributed by atoms with van der Waals surface area (Å²) in [6, 6.07) is 17.5. The molecule has 0 aliphatic carbocycles. The van der Waals surface area contributed by atoms with Crippen LogP contribution in [0.4, 0.5) is 11.4 Å². The summed E-state index contributed by atoms with van der Waals surface area (Å²) >= 11 is 0. The van der Waals surface area contributed by atoms with Crippen molar-refractivity contribution in [3.05, 3.63) is 60.2 Å². The van der Waals surface area contributed by atoms with Crippen molar-refractivity contribution < 1.29 is 9.84 Å². The number of nitrogens with zero attached hydrogens (tertiary/aromatic N) is 1. The Morgan fingerprint density at radius 3 is 2.74 bits per heavy atom. The molecule has 0 atom stereocenters. The number of phenols is 1. The van der Waals surface area contributed by atoms with E-state index in [-0.39, 0.29) is 5.75 Å². The van der Waals surface area contributed by atoms with Crippen molar-refractivity contribution in [3.63, 3.8) is 0 Å². The van der Waals surface area contributed by atoms with Gasteiger partial charge in [0.15, 0.2) is 11.5 Å². The highest BCUT2D eigenvalue weighted by molar-refractivity contribution is 6.19. The first kappa shape index (κ1) is 13.6. The van der Waals surface area contributed by atoms with Gasteiger partial charge in [-0.1, -0.05) is 24.3 Å². The first-order chi connectivity index (χ1) is 11.3. The van der Waals surface area contributed by atoms with Gasteiger partial charge in [0, 0.05) is 16.6 Å². The Balaban J connectivity index is 1.84. The highest BCUT2D eigenvalue weighted by atomic mass is 16.5. The second-order valence-corrected chi connectivity index (χ2v) is 5.38. The van der Waals surface area contributed by atoms with Crippen LogP contribution in [0.25, 0.3) is 10.8 Å². The lowest BCUT2D eigenvalue weighted by atomic mass is 10.0. The standard InChI is InChI=1S/C19H16N2O2/c1-2-23-17-11-13(9-10-16(17)22)19-20-14-7-3-5-12-6-4-8-15(21-19)18(12)14/h3-11,22H,2H2,1H3,(H,20,21). The van der Waals surface area contributed by atoms with Crippen molar-refractivity contribution in [1.29, 1.82) is 0 Å². The van der Waals surface area contributed by atoms with Crippen molar-refractivity contribution in [2.45, 2.75) is 6.92 Å². The fourth-order valence-corrected chi connectivity index (χ4v) is 2.86. The Kier molecular flexibility index (Phi) is 3.15. The average molecular weight is 304 g/mol. The van der Waals surface area contributed by atoms with Gasteiger partial charge in [-0.3, -0.25) is 0 Å². The van der Waals surface area contributed by atoms with E-state index >= 15 is 0 Å². The number of nitrogens with one attached hydrogen (secondary N) is 1. The molecule has 23 heavy (non-hydrogen) atoms. The average Bonchev–Trinajstić information content (AvgIpc) is 2.57. The highest BCUT2D eigenvalue weighted by Crippen LogP contribution is 2.37. The molecule has 114 valence electrons. The summed E-state index contributed by atoms with van der Waals surface area (Å²) in [6.07, 6.45) is 0. The fraction of sp³-hybridized carbons (Fsp3) is 0.105. The van der Waals surface area contributed by atoms with Crippen LogP contribution in [0, 0.1) is 0 Å². The van der Waals surface area contributed by atoms with Crippen LogP contribution in [0.2, 0.25) is 0 Å². The van der Waals surface area contributed by atoms with E-state index in [1.807, 2.05) is 37.3 Å². The van der Waals surface area contributed by atoms with Crippen LogP contribution in [0.3, 0.4) is 0 Å². The maximum atomic E-state index is 9.86. The minimum Gasteiger partial charge on any atom is -0.504 e. The number of benzene rings is 3. The molecule has 1 heterocycles. The van der Waals surface area contributed by atoms with Crippen LogP contribution in [0.1, 0.15) is 12.5 Å². The molecule has 4 nitrogen and oxygen atoms in total. The molecule has 1 aliphatic heterocycles. The summed E-state index contributed by atoms with van der Waals surface area (Å²) in [4.78, 5) is 4.73. The number of rotatable bonds is 3. The van der Waals surface area contributed by atoms with Gasteiger partial charge in [-0.15, -0.1) is 0 Å². The molecule has 0 saturated carbocycles. The minimum atomic E-state index is 0.134. The number of phenolic OH excluding ortho intramolecular Hbond substituents is 1. The third-order valence-corrected chi connectivity index (χ3v) is 3.90. The van der Waals surface area contributed by atoms with Gasteiger partial charge >= 0.3 is 0 Å². The number of ether oxygens (including phenoxy) is 1. The molecule has 0 amide bonds. The molecule has 0 fully saturated rings. The van der Waals surface area contributed by atoms with Gasteiger partial charge in [0.05, 0.1) is 12.3 Å². The summed E-state index contributed by atoms with van der Waals surface area (Å²) in [6.45, 7) is 2.39. The van der Waals surface area contributed by atoms with Crippen LogP contribution in [-0.2, 0) is 0 Å². The smallest absolute Gasteiger partial charge is 0.161 e. The topological polar surface area (TPSA) is 53.8 Å². The Labute approximate surface area is 134 Å². The number of hydrogen-bond acceptors (Lipinski definition) is 4. The van der Waals surface area contributed by atoms with E-state index in [1.54, 1.807) is 12.1 Å². The Morgan fingerprint density at radius 1 is 1.09 bits per heavy atom. The molecule has 0 spiro atoms. The van der Waals surface area contributed by atoms with Crippen molar-refractivity contribution >= 4 is 28.0 Å². The second-order valence-electron chi connectivity index (χ2n) is 5.38. The molecule has 1 aliphatic rings. The SMILES string of the molecule is CCOc1cc(C2=Nc3cccc4cccc(c34)N2)ccc1O. The van der Waals surface area contributed by atoms with Crippen LogP contribution in [0.5, 0.6) is 11.5 Å². The molecule has 4 heteroatoms. The van der Waals surface area contributed by atoms with E-state index in [1.165, 1.54) is 0 Å². The zero-order chi connectivity index (χ0) is 15.8. The Hall–Kier alpha value is -3.01. The van der Waals surface area contributed by atoms with E-state index < -0.39 is 0 Å². The van der Waals surface area contributed by atoms with E-state index in [4.69, 9.17) is 9.73 Å². The normalized spacial score (nSPS) is 12.7. The van der Waals surface area contributed by atoms with Crippen LogP contribution in [-0.4, -0.2) is 17.5 Å². The lowest BCUT2D eigenvalue weighted by Crippen LogP contribution is -2.16. The van der Waals surface area contributed by atoms with Gasteiger partial charge in [-0.2, -0.15) is 0 Å². The van der Waals surface area contributed by atoms with Gasteiger partial charge in [-0.25, -0.2) is 4.99 Å². The Bertz CT molecular complexity index is 927. The molecule has 2 N–H and O–H groups in total. The van der Waals surface area contributed by atoms with Gasteiger partial charge in [0.2, 0.25) is 0 Å². The monoisotopic (exact) mass is 304 g/mol. The first-order valence-corrected chi connectivity index (χ1v) is 7.60. The molecule has 0 unspecified atom stereocenters. The zero-order valence-electron chi connectivity index (χ0n) is 12.7. The van der Waals surface area contributed by atoms with E-state index in [0.717, 1.165) is 33.5 Å². The number of anilines is 1. The third kappa shape index (κ3) is 2.28. The van der Waals surface area contributed by atoms with E-state index in [2.05, 4.69) is 17.4 Å². The minimum absolute atomic E-state index is 0.134. The summed E-state index contributed by atoms with van der Waals surface area (Å²) in [5.74, 6) is 1.35. The van der Waals surface area contributed by atoms with Crippen molar-refractivity contribution in [2.24, 2.45) is 4.99 Å². The molecular formula is C19H16N2O2. The highest BCUT2D eigenvalue weighted by Gasteiger charge is 2.16. The maximum Gasteiger partial charge on any atom is 0.161 e. The molecule has 0 saturated heterocycles. The van der Waals surface area contributed by atoms with Gasteiger partial charge in [0.1, 0.15) is 5.84 Å². The predicted molar refractivity (Wildman–Crippen MR) is 93.0 cm³/mol. The summed E-state index contributed by atoms with van der Waals surface area (Å²) in [5, 5.41) is 15.5. The fourth-order valence-electron chi connectivity index (χ4n) is 2.86. The molecule has 4 rings (SSSR count).